The number of hydrogen-bond donors (Lipinski definition) is 2. The highest BCUT2D eigenvalue weighted by Crippen LogP contribution is 2.11. The van der Waals surface area contributed by atoms with Gasteiger partial charge in [-0.05, 0) is 6.92 Å². The number of hydrogen-bond acceptors (Lipinski definition) is 4. The molecule has 0 aliphatic carbocycles. The molecule has 6 nitrogen and oxygen atoms in total. The number of carbonyl (C=O) groups is 2. The fraction of sp³-hybridized carbons (Fsp3) is 0.556. The van der Waals surface area contributed by atoms with Crippen molar-refractivity contribution in [3.8, 4) is 0 Å². The number of nitrogens with two attached hydrogens (primary N) is 1. The van der Waals surface area contributed by atoms with E-state index in [4.69, 9.17) is 15.6 Å². The van der Waals surface area contributed by atoms with E-state index in [1.54, 1.807) is 4.90 Å². The number of carboxylic acid groups (broad SMARTS) is 1. The molecule has 0 aromatic carbocycles. The molecular weight excluding hydrogens is 198 g/mol. The smallest absolute Gasteiger partial charge is 0.300 e. The minimum atomic E-state index is -0.833. The lowest BCUT2D eigenvalue weighted by molar-refractivity contribution is -0.134. The second-order valence-corrected chi connectivity index (χ2v) is 3.09. The molecule has 1 atom stereocenters. The van der Waals surface area contributed by atoms with E-state index in [0.717, 1.165) is 13.5 Å². The predicted octanol–water partition coefficient (Wildman–Crippen LogP) is -0.373. The zero-order valence-electron chi connectivity index (χ0n) is 9.17. The van der Waals surface area contributed by atoms with E-state index in [2.05, 4.69) is 0 Å². The fourth-order valence-electron chi connectivity index (χ4n) is 1.23. The van der Waals surface area contributed by atoms with Crippen LogP contribution in [0.1, 0.15) is 13.8 Å². The number of amides is 1. The van der Waals surface area contributed by atoms with Crippen LogP contribution in [0.3, 0.4) is 0 Å². The molecule has 1 aliphatic heterocycles. The molecule has 0 aromatic rings. The van der Waals surface area contributed by atoms with E-state index in [0.29, 0.717) is 0 Å². The first-order valence-electron chi connectivity index (χ1n) is 4.55. The second-order valence-electron chi connectivity index (χ2n) is 3.09. The van der Waals surface area contributed by atoms with Gasteiger partial charge < -0.3 is 20.6 Å². The monoisotopic (exact) mass is 215 g/mol. The third kappa shape index (κ3) is 4.35. The van der Waals surface area contributed by atoms with Crippen LogP contribution in [0.25, 0.3) is 0 Å². The Hall–Kier alpha value is -1.72. The second kappa shape index (κ2) is 5.90. The summed E-state index contributed by atoms with van der Waals surface area (Å²) in [6.45, 7) is 3.87. The van der Waals surface area contributed by atoms with Crippen LogP contribution in [-0.4, -0.2) is 46.5 Å². The number of rotatable bonds is 2. The van der Waals surface area contributed by atoms with Crippen LogP contribution in [-0.2, 0) is 9.59 Å². The Balaban J connectivity index is 0.000000423. The summed E-state index contributed by atoms with van der Waals surface area (Å²) in [4.78, 5) is 23.6. The van der Waals surface area contributed by atoms with Gasteiger partial charge in [-0.15, -0.1) is 0 Å². The average molecular weight is 215 g/mol. The highest BCUT2D eigenvalue weighted by molar-refractivity contribution is 5.80. The first kappa shape index (κ1) is 13.3. The number of likely N-dealkylation sites (N-methyl/N-ethyl adjacent to an activating group) is 2. The van der Waals surface area contributed by atoms with Gasteiger partial charge in [0, 0.05) is 32.9 Å². The van der Waals surface area contributed by atoms with Crippen LogP contribution in [0, 0.1) is 0 Å². The van der Waals surface area contributed by atoms with E-state index in [-0.39, 0.29) is 12.1 Å². The maximum atomic E-state index is 10.9. The van der Waals surface area contributed by atoms with Gasteiger partial charge in [0.25, 0.3) is 11.9 Å². The quantitative estimate of drug-likeness (QED) is 0.656. The highest BCUT2D eigenvalue weighted by atomic mass is 16.4. The molecule has 0 bridgehead atoms. The Morgan fingerprint density at radius 3 is 2.20 bits per heavy atom. The van der Waals surface area contributed by atoms with Crippen LogP contribution in [0.5, 0.6) is 0 Å². The average Bonchev–Trinajstić information content (AvgIpc) is 2.45. The largest absolute Gasteiger partial charge is 0.481 e. The molecule has 1 aliphatic rings. The zero-order valence-corrected chi connectivity index (χ0v) is 9.17. The first-order chi connectivity index (χ1) is 6.90. The van der Waals surface area contributed by atoms with Crippen molar-refractivity contribution >= 4 is 11.9 Å². The van der Waals surface area contributed by atoms with Gasteiger partial charge in [-0.3, -0.25) is 9.59 Å². The Labute approximate surface area is 88.9 Å². The molecule has 0 saturated heterocycles. The molecule has 6 heteroatoms. The molecule has 1 heterocycles. The van der Waals surface area contributed by atoms with Crippen LogP contribution < -0.4 is 5.73 Å². The Kier molecular flexibility index (Phi) is 5.22. The summed E-state index contributed by atoms with van der Waals surface area (Å²) in [5.74, 6) is -1.14. The van der Waals surface area contributed by atoms with Crippen molar-refractivity contribution in [3.05, 3.63) is 12.4 Å². The minimum Gasteiger partial charge on any atom is -0.481 e. The Bertz CT molecular complexity index is 261. The van der Waals surface area contributed by atoms with Crippen molar-refractivity contribution in [1.29, 1.82) is 0 Å². The summed E-state index contributed by atoms with van der Waals surface area (Å²) in [5.41, 5.74) is 5.19. The number of nitrogens with zero attached hydrogens (tertiary/aromatic N) is 2. The lowest BCUT2D eigenvalue weighted by Crippen LogP contribution is -2.46. The van der Waals surface area contributed by atoms with Gasteiger partial charge in [0.1, 0.15) is 0 Å². The molecule has 0 saturated carbocycles. The number of carbonyl (C=O) groups excluding carboxylic acids is 1. The summed E-state index contributed by atoms with van der Waals surface area (Å²) in [7, 11) is 1.83. The van der Waals surface area contributed by atoms with Crippen LogP contribution in [0.15, 0.2) is 12.4 Å². The van der Waals surface area contributed by atoms with Gasteiger partial charge in [-0.2, -0.15) is 0 Å². The van der Waals surface area contributed by atoms with Crippen molar-refractivity contribution < 1.29 is 14.7 Å². The third-order valence-electron chi connectivity index (χ3n) is 1.81. The molecule has 86 valence electrons. The van der Waals surface area contributed by atoms with Crippen LogP contribution >= 0.6 is 0 Å². The van der Waals surface area contributed by atoms with E-state index in [1.807, 2.05) is 31.3 Å². The van der Waals surface area contributed by atoms with Crippen LogP contribution in [0.2, 0.25) is 0 Å². The topological polar surface area (TPSA) is 86.9 Å². The summed E-state index contributed by atoms with van der Waals surface area (Å²) < 4.78 is 0. The van der Waals surface area contributed by atoms with Crippen molar-refractivity contribution in [2.75, 3.05) is 13.6 Å². The first-order valence-corrected chi connectivity index (χ1v) is 4.55. The standard InChI is InChI=1S/C7H13N3O.C2H4O2/c1-3-10-5-4-9(2)7(10)6(8)11;1-2(3)4/h4-5,7H,3H2,1-2H3,(H2,8,11);1H3,(H,3,4). The molecule has 15 heavy (non-hydrogen) atoms. The summed E-state index contributed by atoms with van der Waals surface area (Å²) >= 11 is 0. The molecule has 0 aromatic heterocycles. The fourth-order valence-corrected chi connectivity index (χ4v) is 1.23. The molecule has 0 radical (unpaired) electrons. The van der Waals surface area contributed by atoms with E-state index in [1.165, 1.54) is 0 Å². The van der Waals surface area contributed by atoms with E-state index < -0.39 is 5.97 Å². The maximum absolute atomic E-state index is 10.9. The van der Waals surface area contributed by atoms with E-state index in [9.17, 15) is 4.79 Å². The molecule has 1 rings (SSSR count). The molecular formula is C9H17N3O3. The number of aliphatic carboxylic acids is 1. The Morgan fingerprint density at radius 1 is 1.47 bits per heavy atom. The van der Waals surface area contributed by atoms with Crippen molar-refractivity contribution in [3.63, 3.8) is 0 Å². The Morgan fingerprint density at radius 2 is 1.93 bits per heavy atom. The lowest BCUT2D eigenvalue weighted by atomic mass is 10.4. The van der Waals surface area contributed by atoms with Gasteiger partial charge in [-0.1, -0.05) is 0 Å². The van der Waals surface area contributed by atoms with Crippen LogP contribution in [0.4, 0.5) is 0 Å². The molecule has 1 amide bonds. The normalized spacial score (nSPS) is 18.5. The van der Waals surface area contributed by atoms with Gasteiger partial charge in [-0.25, -0.2) is 0 Å². The van der Waals surface area contributed by atoms with Crippen molar-refractivity contribution in [2.24, 2.45) is 5.73 Å². The number of carboxylic acids is 1. The summed E-state index contributed by atoms with van der Waals surface area (Å²) in [5, 5.41) is 7.42. The van der Waals surface area contributed by atoms with Gasteiger partial charge in [0.2, 0.25) is 0 Å². The molecule has 3 N–H and O–H groups in total. The highest BCUT2D eigenvalue weighted by Gasteiger charge is 2.26. The van der Waals surface area contributed by atoms with Gasteiger partial charge in [0.15, 0.2) is 6.17 Å². The van der Waals surface area contributed by atoms with Gasteiger partial charge in [0.05, 0.1) is 0 Å². The summed E-state index contributed by atoms with van der Waals surface area (Å²) in [6.07, 6.45) is 3.42. The third-order valence-corrected chi connectivity index (χ3v) is 1.81. The SMILES string of the molecule is CC(=O)O.CCN1C=CN(C)C1C(N)=O. The van der Waals surface area contributed by atoms with Crippen molar-refractivity contribution in [1.82, 2.24) is 9.80 Å². The zero-order chi connectivity index (χ0) is 12.0. The van der Waals surface area contributed by atoms with E-state index >= 15 is 0 Å². The summed E-state index contributed by atoms with van der Waals surface area (Å²) in [6, 6.07) is 0. The number of primary amides is 1. The minimum absolute atomic E-state index is 0.292. The lowest BCUT2D eigenvalue weighted by Gasteiger charge is -2.26. The maximum Gasteiger partial charge on any atom is 0.300 e. The molecule has 0 fully saturated rings. The molecule has 1 unspecified atom stereocenters. The predicted molar refractivity (Wildman–Crippen MR) is 55.6 cm³/mol. The van der Waals surface area contributed by atoms with Gasteiger partial charge >= 0.3 is 0 Å². The van der Waals surface area contributed by atoms with Crippen molar-refractivity contribution in [2.45, 2.75) is 20.0 Å². The molecule has 0 spiro atoms.